The van der Waals surface area contributed by atoms with Crippen LogP contribution in [0, 0.1) is 0 Å². The highest BCUT2D eigenvalue weighted by Gasteiger charge is 2.38. The van der Waals surface area contributed by atoms with Crippen LogP contribution in [0.25, 0.3) is 28.2 Å². The van der Waals surface area contributed by atoms with Crippen molar-refractivity contribution in [3.63, 3.8) is 0 Å². The van der Waals surface area contributed by atoms with Crippen molar-refractivity contribution in [2.45, 2.75) is 31.7 Å². The molecule has 1 unspecified atom stereocenters. The van der Waals surface area contributed by atoms with E-state index in [2.05, 4.69) is 35.6 Å². The zero-order valence-electron chi connectivity index (χ0n) is 22.3. The lowest BCUT2D eigenvalue weighted by Gasteiger charge is -2.19. The van der Waals surface area contributed by atoms with Gasteiger partial charge in [0.15, 0.2) is 11.6 Å². The Morgan fingerprint density at radius 3 is 2.71 bits per heavy atom. The fourth-order valence-electron chi connectivity index (χ4n) is 4.08. The van der Waals surface area contributed by atoms with Gasteiger partial charge in [-0.15, -0.1) is 0 Å². The maximum Gasteiger partial charge on any atom is 0.412 e. The van der Waals surface area contributed by atoms with Crippen molar-refractivity contribution in [2.24, 2.45) is 0 Å². The van der Waals surface area contributed by atoms with Crippen LogP contribution in [0.1, 0.15) is 19.2 Å². The van der Waals surface area contributed by atoms with Gasteiger partial charge >= 0.3 is 6.18 Å². The van der Waals surface area contributed by atoms with Crippen molar-refractivity contribution >= 4 is 23.2 Å². The minimum absolute atomic E-state index is 0.0263. The van der Waals surface area contributed by atoms with E-state index in [1.807, 2.05) is 0 Å². The minimum atomic E-state index is -4.63. The number of ether oxygens (including phenoxy) is 2. The van der Waals surface area contributed by atoms with Gasteiger partial charge in [-0.05, 0) is 19.1 Å². The summed E-state index contributed by atoms with van der Waals surface area (Å²) in [6.45, 7) is 2.01. The lowest BCUT2D eigenvalue weighted by Crippen LogP contribution is -2.39. The number of hydrogen-bond acceptors (Lipinski definition) is 9. The molecular formula is C26H28F4N8O3. The highest BCUT2D eigenvalue weighted by atomic mass is 19.4. The molecule has 0 spiro atoms. The van der Waals surface area contributed by atoms with Gasteiger partial charge in [0.05, 0.1) is 18.5 Å². The Morgan fingerprint density at radius 2 is 2.02 bits per heavy atom. The number of pyridine rings is 1. The molecule has 11 nitrogen and oxygen atoms in total. The fourth-order valence-corrected chi connectivity index (χ4v) is 4.08. The minimum Gasteiger partial charge on any atom is -0.493 e. The Hall–Kier alpha value is -4.53. The SMILES string of the molecule is COCC(=O)N[C@@H](C)CNc1nccc(-c2[nH]c(C3=CC=C(C(F)(F)F)CC3F)nc2-c2cnc(N)c(OC)c2)n1. The van der Waals surface area contributed by atoms with Crippen LogP contribution >= 0.6 is 0 Å². The van der Waals surface area contributed by atoms with Crippen LogP contribution in [-0.2, 0) is 9.53 Å². The number of hydrogen-bond donors (Lipinski definition) is 4. The standard InChI is InChI=1S/C26H28F4N8O3/c1-13(35-20(39)12-40-2)10-34-25-32-7-6-18(36-25)22-21(14-8-19(41-3)23(31)33-11-14)37-24(38-22)16-5-4-15(9-17(16)27)26(28,29)30/h4-8,11,13,17H,9-10,12H2,1-3H3,(H2,31,33)(H,35,39)(H,37,38)(H,32,34,36)/t13-,17?/m0/s1. The molecule has 0 radical (unpaired) electrons. The second kappa shape index (κ2) is 12.3. The number of allylic oxidation sites excluding steroid dienone is 4. The Labute approximate surface area is 232 Å². The van der Waals surface area contributed by atoms with Gasteiger partial charge in [-0.1, -0.05) is 12.2 Å². The summed E-state index contributed by atoms with van der Waals surface area (Å²) in [5.41, 5.74) is 6.25. The normalized spacial score (nSPS) is 16.0. The molecule has 4 rings (SSSR count). The number of methoxy groups -OCH3 is 2. The summed E-state index contributed by atoms with van der Waals surface area (Å²) in [7, 11) is 2.84. The average molecular weight is 577 g/mol. The molecule has 1 aliphatic rings. The van der Waals surface area contributed by atoms with Crippen LogP contribution in [0.15, 0.2) is 42.3 Å². The number of rotatable bonds is 10. The number of carbonyl (C=O) groups is 1. The van der Waals surface area contributed by atoms with E-state index in [1.54, 1.807) is 19.1 Å². The van der Waals surface area contributed by atoms with Gasteiger partial charge < -0.3 is 30.8 Å². The molecule has 3 aromatic rings. The van der Waals surface area contributed by atoms with Gasteiger partial charge in [0, 0.05) is 55.2 Å². The van der Waals surface area contributed by atoms with Crippen LogP contribution in [0.4, 0.5) is 29.3 Å². The zero-order chi connectivity index (χ0) is 29.7. The Bertz CT molecular complexity index is 1470. The summed E-state index contributed by atoms with van der Waals surface area (Å²) in [6.07, 6.45) is -2.57. The molecule has 41 heavy (non-hydrogen) atoms. The molecule has 0 saturated carbocycles. The molecule has 2 atom stereocenters. The summed E-state index contributed by atoms with van der Waals surface area (Å²) in [5, 5.41) is 5.79. The largest absolute Gasteiger partial charge is 0.493 e. The lowest BCUT2D eigenvalue weighted by molar-refractivity contribution is -0.125. The molecule has 218 valence electrons. The summed E-state index contributed by atoms with van der Waals surface area (Å²) < 4.78 is 64.5. The number of H-pyrrole nitrogens is 1. The van der Waals surface area contributed by atoms with Crippen molar-refractivity contribution < 1.29 is 31.8 Å². The molecule has 3 aromatic heterocycles. The van der Waals surface area contributed by atoms with Gasteiger partial charge in [-0.25, -0.2) is 24.3 Å². The molecule has 0 bridgehead atoms. The maximum absolute atomic E-state index is 15.0. The van der Waals surface area contributed by atoms with E-state index >= 15 is 4.39 Å². The molecule has 0 aromatic carbocycles. The molecule has 3 heterocycles. The van der Waals surface area contributed by atoms with Crippen molar-refractivity contribution in [3.05, 3.63) is 48.1 Å². The number of amides is 1. The zero-order valence-corrected chi connectivity index (χ0v) is 22.3. The predicted molar refractivity (Wildman–Crippen MR) is 143 cm³/mol. The van der Waals surface area contributed by atoms with Crippen LogP contribution in [-0.4, -0.2) is 76.6 Å². The number of nitrogens with one attached hydrogen (secondary N) is 3. The van der Waals surface area contributed by atoms with Crippen molar-refractivity contribution in [3.8, 4) is 28.4 Å². The van der Waals surface area contributed by atoms with Crippen molar-refractivity contribution in [2.75, 3.05) is 38.4 Å². The van der Waals surface area contributed by atoms with E-state index in [0.29, 0.717) is 23.5 Å². The van der Waals surface area contributed by atoms with Crippen LogP contribution in [0.5, 0.6) is 5.75 Å². The van der Waals surface area contributed by atoms with Crippen LogP contribution in [0.2, 0.25) is 0 Å². The number of imidazole rings is 1. The number of alkyl halides is 4. The first-order valence-electron chi connectivity index (χ1n) is 12.4. The number of nitrogens with two attached hydrogens (primary N) is 1. The van der Waals surface area contributed by atoms with Crippen LogP contribution in [0.3, 0.4) is 0 Å². The second-order valence-corrected chi connectivity index (χ2v) is 9.15. The summed E-state index contributed by atoms with van der Waals surface area (Å²) in [4.78, 5) is 32.1. The average Bonchev–Trinajstić information content (AvgIpc) is 3.37. The molecule has 15 heteroatoms. The first-order chi connectivity index (χ1) is 19.5. The molecule has 0 saturated heterocycles. The summed E-state index contributed by atoms with van der Waals surface area (Å²) in [6, 6.07) is 2.89. The van der Waals surface area contributed by atoms with Gasteiger partial charge in [0.25, 0.3) is 0 Å². The molecule has 0 fully saturated rings. The highest BCUT2D eigenvalue weighted by Crippen LogP contribution is 2.39. The van der Waals surface area contributed by atoms with E-state index in [-0.39, 0.29) is 53.2 Å². The smallest absolute Gasteiger partial charge is 0.412 e. The number of halogens is 4. The molecule has 1 amide bonds. The highest BCUT2D eigenvalue weighted by molar-refractivity contribution is 5.81. The van der Waals surface area contributed by atoms with Gasteiger partial charge in [-0.2, -0.15) is 13.2 Å². The third kappa shape index (κ3) is 6.98. The summed E-state index contributed by atoms with van der Waals surface area (Å²) in [5.74, 6) is 0.379. The fraction of sp³-hybridized carbons (Fsp3) is 0.346. The van der Waals surface area contributed by atoms with Gasteiger partial charge in [-0.3, -0.25) is 4.79 Å². The number of anilines is 2. The molecule has 5 N–H and O–H groups in total. The monoisotopic (exact) mass is 576 g/mol. The maximum atomic E-state index is 15.0. The van der Waals surface area contributed by atoms with Crippen molar-refractivity contribution in [1.82, 2.24) is 30.2 Å². The third-order valence-corrected chi connectivity index (χ3v) is 6.08. The predicted octanol–water partition coefficient (Wildman–Crippen LogP) is 3.70. The molecular weight excluding hydrogens is 548 g/mol. The number of carbonyl (C=O) groups excluding carboxylic acids is 1. The van der Waals surface area contributed by atoms with E-state index in [0.717, 1.165) is 12.2 Å². The Balaban J connectivity index is 1.71. The van der Waals surface area contributed by atoms with E-state index in [1.165, 1.54) is 26.6 Å². The van der Waals surface area contributed by atoms with E-state index in [9.17, 15) is 18.0 Å². The Morgan fingerprint density at radius 1 is 1.24 bits per heavy atom. The van der Waals surface area contributed by atoms with E-state index in [4.69, 9.17) is 15.2 Å². The number of aromatic amines is 1. The first-order valence-corrected chi connectivity index (χ1v) is 12.4. The first kappa shape index (κ1) is 29.5. The Kier molecular flexibility index (Phi) is 8.86. The molecule has 0 aliphatic heterocycles. The van der Waals surface area contributed by atoms with Gasteiger partial charge in [0.2, 0.25) is 11.9 Å². The topological polar surface area (TPSA) is 153 Å². The number of nitrogens with zero attached hydrogens (tertiary/aromatic N) is 4. The van der Waals surface area contributed by atoms with Crippen molar-refractivity contribution in [1.29, 1.82) is 0 Å². The number of aromatic nitrogens is 5. The van der Waals surface area contributed by atoms with Gasteiger partial charge in [0.1, 0.15) is 24.3 Å². The third-order valence-electron chi connectivity index (χ3n) is 6.08. The van der Waals surface area contributed by atoms with Crippen LogP contribution < -0.4 is 21.1 Å². The van der Waals surface area contributed by atoms with E-state index < -0.39 is 24.3 Å². The number of nitrogen functional groups attached to an aromatic ring is 1. The lowest BCUT2D eigenvalue weighted by atomic mass is 9.96. The second-order valence-electron chi connectivity index (χ2n) is 9.15. The quantitative estimate of drug-likeness (QED) is 0.265. The summed E-state index contributed by atoms with van der Waals surface area (Å²) >= 11 is 0. The molecule has 1 aliphatic carbocycles.